The van der Waals surface area contributed by atoms with Gasteiger partial charge in [0.1, 0.15) is 5.82 Å². The van der Waals surface area contributed by atoms with Gasteiger partial charge in [-0.2, -0.15) is 0 Å². The fourth-order valence-electron chi connectivity index (χ4n) is 2.55. The number of nitrogens with two attached hydrogens (primary N) is 1. The van der Waals surface area contributed by atoms with Gasteiger partial charge < -0.3 is 10.3 Å². The Balaban J connectivity index is 2.25. The van der Waals surface area contributed by atoms with Gasteiger partial charge in [0.25, 0.3) is 0 Å². The van der Waals surface area contributed by atoms with Gasteiger partial charge in [0.15, 0.2) is 0 Å². The van der Waals surface area contributed by atoms with Crippen LogP contribution in [0.15, 0.2) is 24.3 Å². The Hall–Kier alpha value is -1.35. The summed E-state index contributed by atoms with van der Waals surface area (Å²) in [6.45, 7) is 5.30. The number of benzene rings is 1. The molecule has 3 heteroatoms. The molecule has 0 aliphatic rings. The zero-order chi connectivity index (χ0) is 13.7. The van der Waals surface area contributed by atoms with E-state index in [1.807, 2.05) is 0 Å². The molecule has 0 fully saturated rings. The van der Waals surface area contributed by atoms with Crippen molar-refractivity contribution < 1.29 is 0 Å². The van der Waals surface area contributed by atoms with Crippen molar-refractivity contribution in [1.29, 1.82) is 0 Å². The highest BCUT2D eigenvalue weighted by Gasteiger charge is 2.13. The molecule has 0 radical (unpaired) electrons. The Kier molecular flexibility index (Phi) is 4.97. The minimum Gasteiger partial charge on any atom is -0.330 e. The number of hydrogen-bond acceptors (Lipinski definition) is 2. The number of hydrogen-bond donors (Lipinski definition) is 1. The third-order valence-corrected chi connectivity index (χ3v) is 3.80. The minimum atomic E-state index is 0.511. The number of rotatable bonds is 7. The molecule has 1 unspecified atom stereocenters. The van der Waals surface area contributed by atoms with Crippen molar-refractivity contribution in [3.05, 3.63) is 30.1 Å². The van der Waals surface area contributed by atoms with Gasteiger partial charge in [-0.05, 0) is 44.9 Å². The van der Waals surface area contributed by atoms with Gasteiger partial charge in [0.05, 0.1) is 11.0 Å². The van der Waals surface area contributed by atoms with Crippen LogP contribution in [0.25, 0.3) is 11.0 Å². The Labute approximate surface area is 115 Å². The predicted molar refractivity (Wildman–Crippen MR) is 81.3 cm³/mol. The summed E-state index contributed by atoms with van der Waals surface area (Å²) in [4.78, 5) is 4.81. The second kappa shape index (κ2) is 6.71. The van der Waals surface area contributed by atoms with E-state index in [4.69, 9.17) is 10.7 Å². The number of para-hydroxylation sites is 2. The zero-order valence-electron chi connectivity index (χ0n) is 12.1. The standard InChI is InChI=1S/C16H25N3/c1-3-13(2)19-15-10-7-6-9-14(15)18-16(19)11-5-4-8-12-17/h6-7,9-10,13H,3-5,8,11-12,17H2,1-2H3. The number of nitrogens with zero attached hydrogens (tertiary/aromatic N) is 2. The Morgan fingerprint density at radius 1 is 1.21 bits per heavy atom. The van der Waals surface area contributed by atoms with Crippen LogP contribution in [-0.4, -0.2) is 16.1 Å². The minimum absolute atomic E-state index is 0.511. The van der Waals surface area contributed by atoms with Crippen molar-refractivity contribution in [2.75, 3.05) is 6.54 Å². The summed E-state index contributed by atoms with van der Waals surface area (Å²) in [5.41, 5.74) is 7.94. The average Bonchev–Trinajstić information content (AvgIpc) is 2.81. The lowest BCUT2D eigenvalue weighted by Crippen LogP contribution is -2.09. The lowest BCUT2D eigenvalue weighted by molar-refractivity contribution is 0.514. The largest absolute Gasteiger partial charge is 0.330 e. The molecule has 0 aliphatic heterocycles. The zero-order valence-corrected chi connectivity index (χ0v) is 12.1. The Morgan fingerprint density at radius 3 is 2.74 bits per heavy atom. The predicted octanol–water partition coefficient (Wildman–Crippen LogP) is 3.68. The SMILES string of the molecule is CCC(C)n1c(CCCCCN)nc2ccccc21. The summed E-state index contributed by atoms with van der Waals surface area (Å²) in [5.74, 6) is 1.23. The van der Waals surface area contributed by atoms with Crippen molar-refractivity contribution in [2.24, 2.45) is 5.73 Å². The summed E-state index contributed by atoms with van der Waals surface area (Å²) in [5, 5.41) is 0. The van der Waals surface area contributed by atoms with E-state index < -0.39 is 0 Å². The smallest absolute Gasteiger partial charge is 0.110 e. The summed E-state index contributed by atoms with van der Waals surface area (Å²) in [6, 6.07) is 8.96. The summed E-state index contributed by atoms with van der Waals surface area (Å²) >= 11 is 0. The number of fused-ring (bicyclic) bond motifs is 1. The third-order valence-electron chi connectivity index (χ3n) is 3.80. The number of imidazole rings is 1. The van der Waals surface area contributed by atoms with Gasteiger partial charge in [-0.1, -0.05) is 25.5 Å². The number of unbranched alkanes of at least 4 members (excludes halogenated alkanes) is 2. The fourth-order valence-corrected chi connectivity index (χ4v) is 2.55. The highest BCUT2D eigenvalue weighted by Crippen LogP contribution is 2.24. The molecule has 0 saturated carbocycles. The van der Waals surface area contributed by atoms with Crippen LogP contribution in [0.5, 0.6) is 0 Å². The van der Waals surface area contributed by atoms with E-state index in [0.29, 0.717) is 6.04 Å². The van der Waals surface area contributed by atoms with E-state index in [1.165, 1.54) is 24.2 Å². The maximum absolute atomic E-state index is 5.55. The molecule has 1 heterocycles. The van der Waals surface area contributed by atoms with Crippen molar-refractivity contribution in [2.45, 2.75) is 52.0 Å². The lowest BCUT2D eigenvalue weighted by Gasteiger charge is -2.15. The van der Waals surface area contributed by atoms with Crippen molar-refractivity contribution in [1.82, 2.24) is 9.55 Å². The van der Waals surface area contributed by atoms with Gasteiger partial charge in [0.2, 0.25) is 0 Å². The average molecular weight is 259 g/mol. The van der Waals surface area contributed by atoms with Crippen LogP contribution in [0, 0.1) is 0 Å². The number of aryl methyl sites for hydroxylation is 1. The van der Waals surface area contributed by atoms with Crippen LogP contribution in [0.3, 0.4) is 0 Å². The highest BCUT2D eigenvalue weighted by atomic mass is 15.1. The molecule has 104 valence electrons. The molecule has 19 heavy (non-hydrogen) atoms. The summed E-state index contributed by atoms with van der Waals surface area (Å²) < 4.78 is 2.41. The monoisotopic (exact) mass is 259 g/mol. The molecule has 1 aromatic carbocycles. The van der Waals surface area contributed by atoms with Crippen molar-refractivity contribution in [3.63, 3.8) is 0 Å². The molecule has 3 nitrogen and oxygen atoms in total. The van der Waals surface area contributed by atoms with Gasteiger partial charge in [-0.3, -0.25) is 0 Å². The molecule has 1 atom stereocenters. The van der Waals surface area contributed by atoms with Crippen LogP contribution in [0.2, 0.25) is 0 Å². The van der Waals surface area contributed by atoms with Gasteiger partial charge in [-0.15, -0.1) is 0 Å². The first-order valence-corrected chi connectivity index (χ1v) is 7.43. The number of aromatic nitrogens is 2. The van der Waals surface area contributed by atoms with E-state index in [1.54, 1.807) is 0 Å². The Bertz CT molecular complexity index is 516. The van der Waals surface area contributed by atoms with Crippen LogP contribution >= 0.6 is 0 Å². The molecule has 0 spiro atoms. The first kappa shape index (κ1) is 14.1. The molecule has 1 aromatic heterocycles. The van der Waals surface area contributed by atoms with Crippen LogP contribution in [-0.2, 0) is 6.42 Å². The molecule has 2 rings (SSSR count). The molecule has 2 aromatic rings. The van der Waals surface area contributed by atoms with Gasteiger partial charge in [-0.25, -0.2) is 4.98 Å². The molecule has 0 aliphatic carbocycles. The third kappa shape index (κ3) is 3.16. The Morgan fingerprint density at radius 2 is 2.00 bits per heavy atom. The quantitative estimate of drug-likeness (QED) is 0.771. The topological polar surface area (TPSA) is 43.8 Å². The maximum Gasteiger partial charge on any atom is 0.110 e. The van der Waals surface area contributed by atoms with E-state index in [2.05, 4.69) is 42.7 Å². The van der Waals surface area contributed by atoms with Crippen LogP contribution in [0.1, 0.15) is 51.4 Å². The molecular weight excluding hydrogens is 234 g/mol. The highest BCUT2D eigenvalue weighted by molar-refractivity contribution is 5.76. The first-order chi connectivity index (χ1) is 9.27. The van der Waals surface area contributed by atoms with Gasteiger partial charge in [0, 0.05) is 12.5 Å². The summed E-state index contributed by atoms with van der Waals surface area (Å²) in [7, 11) is 0. The fraction of sp³-hybridized carbons (Fsp3) is 0.562. The van der Waals surface area contributed by atoms with Crippen LogP contribution in [0.4, 0.5) is 0 Å². The van der Waals surface area contributed by atoms with Crippen molar-refractivity contribution in [3.8, 4) is 0 Å². The van der Waals surface area contributed by atoms with Gasteiger partial charge >= 0.3 is 0 Å². The molecule has 2 N–H and O–H groups in total. The lowest BCUT2D eigenvalue weighted by atomic mass is 10.1. The molecule has 0 bridgehead atoms. The second-order valence-electron chi connectivity index (χ2n) is 5.24. The van der Waals surface area contributed by atoms with E-state index in [0.717, 1.165) is 31.3 Å². The molecule has 0 saturated heterocycles. The van der Waals surface area contributed by atoms with E-state index in [-0.39, 0.29) is 0 Å². The molecular formula is C16H25N3. The van der Waals surface area contributed by atoms with E-state index >= 15 is 0 Å². The maximum atomic E-state index is 5.55. The normalized spacial score (nSPS) is 13.0. The first-order valence-electron chi connectivity index (χ1n) is 7.43. The molecule has 0 amide bonds. The second-order valence-corrected chi connectivity index (χ2v) is 5.24. The van der Waals surface area contributed by atoms with E-state index in [9.17, 15) is 0 Å². The summed E-state index contributed by atoms with van der Waals surface area (Å²) in [6.07, 6.45) is 5.68. The van der Waals surface area contributed by atoms with Crippen LogP contribution < -0.4 is 5.73 Å². The van der Waals surface area contributed by atoms with Crippen molar-refractivity contribution >= 4 is 11.0 Å².